The Morgan fingerprint density at radius 3 is 2.64 bits per heavy atom. The molecule has 1 N–H and O–H groups in total. The molecule has 0 radical (unpaired) electrons. The summed E-state index contributed by atoms with van der Waals surface area (Å²) in [5, 5.41) is 7.12. The topological polar surface area (TPSA) is 89.0 Å². The quantitative estimate of drug-likeness (QED) is 0.640. The summed E-state index contributed by atoms with van der Waals surface area (Å²) in [6.45, 7) is 4.24. The van der Waals surface area contributed by atoms with E-state index in [1.807, 2.05) is 12.1 Å². The predicted octanol–water partition coefficient (Wildman–Crippen LogP) is 3.60. The fourth-order valence-corrected chi connectivity index (χ4v) is 4.45. The molecule has 3 heterocycles. The van der Waals surface area contributed by atoms with Crippen molar-refractivity contribution in [2.75, 3.05) is 32.9 Å². The van der Waals surface area contributed by atoms with Gasteiger partial charge >= 0.3 is 12.1 Å². The number of nitrogens with zero attached hydrogens (tertiary/aromatic N) is 2. The number of aliphatic carboxylic acids is 1. The Kier molecular flexibility index (Phi) is 8.47. The van der Waals surface area contributed by atoms with Crippen LogP contribution in [0.25, 0.3) is 0 Å². The Morgan fingerprint density at radius 2 is 2.00 bits per heavy atom. The lowest BCUT2D eigenvalue weighted by Gasteiger charge is -2.27. The van der Waals surface area contributed by atoms with Gasteiger partial charge in [0.2, 0.25) is 5.91 Å². The molecule has 2 atom stereocenters. The van der Waals surface area contributed by atoms with E-state index in [0.29, 0.717) is 32.2 Å². The predicted molar refractivity (Wildman–Crippen MR) is 112 cm³/mol. The summed E-state index contributed by atoms with van der Waals surface area (Å²) in [6, 6.07) is 3.95. The van der Waals surface area contributed by atoms with Gasteiger partial charge in [0.05, 0.1) is 26.4 Å². The maximum atomic E-state index is 12.8. The zero-order chi connectivity index (χ0) is 23.9. The van der Waals surface area contributed by atoms with Crippen LogP contribution < -0.4 is 0 Å². The Labute approximate surface area is 190 Å². The second-order valence-electron chi connectivity index (χ2n) is 8.78. The minimum atomic E-state index is -5.08. The van der Waals surface area contributed by atoms with Crippen molar-refractivity contribution in [3.63, 3.8) is 0 Å². The van der Waals surface area contributed by atoms with Gasteiger partial charge in [-0.3, -0.25) is 9.78 Å². The van der Waals surface area contributed by atoms with Gasteiger partial charge in [0, 0.05) is 43.2 Å². The highest BCUT2D eigenvalue weighted by Crippen LogP contribution is 2.42. The van der Waals surface area contributed by atoms with Crippen molar-refractivity contribution in [3.8, 4) is 0 Å². The minimum Gasteiger partial charge on any atom is -0.475 e. The van der Waals surface area contributed by atoms with Crippen molar-refractivity contribution < 1.29 is 37.3 Å². The lowest BCUT2D eigenvalue weighted by atomic mass is 9.82. The summed E-state index contributed by atoms with van der Waals surface area (Å²) in [5.41, 5.74) is 2.42. The van der Waals surface area contributed by atoms with Gasteiger partial charge in [0.15, 0.2) is 0 Å². The third-order valence-corrected chi connectivity index (χ3v) is 6.29. The molecule has 1 amide bonds. The van der Waals surface area contributed by atoms with Crippen molar-refractivity contribution >= 4 is 11.9 Å². The number of aromatic nitrogens is 1. The number of likely N-dealkylation sites (tertiary alicyclic amines) is 1. The molecule has 4 rings (SSSR count). The van der Waals surface area contributed by atoms with Crippen LogP contribution in [0.15, 0.2) is 36.2 Å². The maximum absolute atomic E-state index is 12.8. The first-order chi connectivity index (χ1) is 15.7. The van der Waals surface area contributed by atoms with Crippen LogP contribution in [0.1, 0.15) is 37.7 Å². The molecule has 3 aliphatic rings. The van der Waals surface area contributed by atoms with Crippen LogP contribution in [0.3, 0.4) is 0 Å². The molecule has 0 spiro atoms. The Bertz CT molecular complexity index is 846. The third-order valence-electron chi connectivity index (χ3n) is 6.29. The number of amides is 1. The minimum absolute atomic E-state index is 0.0381. The number of carboxylic acids is 1. The maximum Gasteiger partial charge on any atom is 0.490 e. The molecule has 2 fully saturated rings. The van der Waals surface area contributed by atoms with Gasteiger partial charge < -0.3 is 19.5 Å². The van der Waals surface area contributed by atoms with Crippen LogP contribution in [0.5, 0.6) is 0 Å². The first-order valence-electron chi connectivity index (χ1n) is 11.0. The van der Waals surface area contributed by atoms with E-state index in [1.165, 1.54) is 18.4 Å². The number of fused-ring (bicyclic) bond motifs is 1. The molecule has 33 heavy (non-hydrogen) atoms. The number of carboxylic acid groups (broad SMARTS) is 1. The van der Waals surface area contributed by atoms with Crippen LogP contribution in [0.4, 0.5) is 13.2 Å². The van der Waals surface area contributed by atoms with E-state index in [1.54, 1.807) is 12.4 Å². The number of alkyl halides is 3. The average molecular weight is 470 g/mol. The van der Waals surface area contributed by atoms with Crippen LogP contribution in [0.2, 0.25) is 0 Å². The molecule has 2 saturated heterocycles. The summed E-state index contributed by atoms with van der Waals surface area (Å²) in [6.07, 6.45) is 6.07. The molecular weight excluding hydrogens is 441 g/mol. The highest BCUT2D eigenvalue weighted by molar-refractivity contribution is 5.79. The molecule has 1 aromatic rings. The molecule has 0 bridgehead atoms. The lowest BCUT2D eigenvalue weighted by Crippen LogP contribution is -2.37. The number of ether oxygens (including phenoxy) is 2. The van der Waals surface area contributed by atoms with Crippen molar-refractivity contribution in [2.45, 2.75) is 44.9 Å². The fraction of sp³-hybridized carbons (Fsp3) is 0.609. The number of carbonyl (C=O) groups is 2. The normalized spacial score (nSPS) is 24.5. The smallest absolute Gasteiger partial charge is 0.475 e. The van der Waals surface area contributed by atoms with Crippen molar-refractivity contribution in [3.05, 3.63) is 41.7 Å². The van der Waals surface area contributed by atoms with Gasteiger partial charge in [0.25, 0.3) is 0 Å². The van der Waals surface area contributed by atoms with Crippen molar-refractivity contribution in [1.82, 2.24) is 9.88 Å². The van der Waals surface area contributed by atoms with Crippen LogP contribution in [0, 0.1) is 11.3 Å². The molecule has 7 nitrogen and oxygen atoms in total. The van der Waals surface area contributed by atoms with Crippen LogP contribution in [-0.4, -0.2) is 66.0 Å². The van der Waals surface area contributed by atoms with E-state index >= 15 is 0 Å². The second kappa shape index (κ2) is 11.1. The van der Waals surface area contributed by atoms with Gasteiger partial charge in [-0.1, -0.05) is 11.6 Å². The average Bonchev–Trinajstić information content (AvgIpc) is 3.32. The van der Waals surface area contributed by atoms with Gasteiger partial charge in [0.1, 0.15) is 0 Å². The summed E-state index contributed by atoms with van der Waals surface area (Å²) in [5.74, 6) is -2.09. The first-order valence-corrected chi connectivity index (χ1v) is 11.0. The molecule has 10 heteroatoms. The number of hydrogen-bond acceptors (Lipinski definition) is 5. The molecule has 1 aromatic heterocycles. The summed E-state index contributed by atoms with van der Waals surface area (Å²) < 4.78 is 43.5. The number of carbonyl (C=O) groups excluding carboxylic acids is 1. The van der Waals surface area contributed by atoms with E-state index in [9.17, 15) is 18.0 Å². The molecule has 0 unspecified atom stereocenters. The van der Waals surface area contributed by atoms with E-state index in [0.717, 1.165) is 38.1 Å². The van der Waals surface area contributed by atoms with Gasteiger partial charge in [-0.15, -0.1) is 0 Å². The molecule has 2 aliphatic heterocycles. The Balaban J connectivity index is 0.000000383. The van der Waals surface area contributed by atoms with Gasteiger partial charge in [-0.25, -0.2) is 4.79 Å². The van der Waals surface area contributed by atoms with E-state index in [2.05, 4.69) is 16.0 Å². The highest BCUT2D eigenvalue weighted by Gasteiger charge is 2.52. The second-order valence-corrected chi connectivity index (χ2v) is 8.78. The zero-order valence-corrected chi connectivity index (χ0v) is 18.4. The van der Waals surface area contributed by atoms with Crippen LogP contribution >= 0.6 is 0 Å². The van der Waals surface area contributed by atoms with Crippen molar-refractivity contribution in [1.29, 1.82) is 0 Å². The SMILES string of the molecule is O=C(CC1=CCCCC1)N1C[C@@H]2COC[C@]2(COCc2ccncc2)C1.O=C(O)C(F)(F)F. The first kappa shape index (κ1) is 25.2. The Morgan fingerprint density at radius 1 is 1.27 bits per heavy atom. The molecule has 1 aliphatic carbocycles. The van der Waals surface area contributed by atoms with E-state index in [4.69, 9.17) is 19.4 Å². The molecule has 182 valence electrons. The molecule has 0 aromatic carbocycles. The van der Waals surface area contributed by atoms with E-state index in [-0.39, 0.29) is 11.3 Å². The standard InChI is InChI=1S/C21H28N2O3.C2HF3O2/c24-20(10-17-4-2-1-3-5-17)23-11-19-13-26-16-21(19,14-23)15-25-12-18-6-8-22-9-7-18;3-2(4,5)1(6)7/h4,6-9,19H,1-3,5,10-16H2;(H,6,7)/t19-,21-;/m1./s1. The molecule has 0 saturated carbocycles. The number of halogens is 3. The van der Waals surface area contributed by atoms with E-state index < -0.39 is 12.1 Å². The monoisotopic (exact) mass is 470 g/mol. The number of allylic oxidation sites excluding steroid dienone is 1. The third kappa shape index (κ3) is 7.01. The Hall–Kier alpha value is -2.46. The zero-order valence-electron chi connectivity index (χ0n) is 18.4. The number of hydrogen-bond donors (Lipinski definition) is 1. The van der Waals surface area contributed by atoms with Crippen LogP contribution in [-0.2, 0) is 25.7 Å². The van der Waals surface area contributed by atoms with Gasteiger partial charge in [-0.05, 0) is 43.4 Å². The summed E-state index contributed by atoms with van der Waals surface area (Å²) >= 11 is 0. The highest BCUT2D eigenvalue weighted by atomic mass is 19.4. The van der Waals surface area contributed by atoms with Gasteiger partial charge in [-0.2, -0.15) is 13.2 Å². The summed E-state index contributed by atoms with van der Waals surface area (Å²) in [7, 11) is 0. The number of rotatable bonds is 6. The van der Waals surface area contributed by atoms with Crippen molar-refractivity contribution in [2.24, 2.45) is 11.3 Å². The summed E-state index contributed by atoms with van der Waals surface area (Å²) in [4.78, 5) is 27.8. The largest absolute Gasteiger partial charge is 0.490 e. The lowest BCUT2D eigenvalue weighted by molar-refractivity contribution is -0.192. The number of pyridine rings is 1. The molecular formula is C23H29F3N2O5. The fourth-order valence-electron chi connectivity index (χ4n) is 4.45.